The molecule has 0 aromatic rings. The van der Waals surface area contributed by atoms with Crippen molar-refractivity contribution in [1.29, 1.82) is 0 Å². The molecule has 0 unspecified atom stereocenters. The molecule has 2 N–H and O–H groups in total. The Bertz CT molecular complexity index is 319. The largest absolute Gasteiger partial charge is 0.381 e. The van der Waals surface area contributed by atoms with Gasteiger partial charge >= 0.3 is 0 Å². The van der Waals surface area contributed by atoms with Crippen LogP contribution in [-0.2, 0) is 9.47 Å². The van der Waals surface area contributed by atoms with Crippen molar-refractivity contribution in [2.75, 3.05) is 46.6 Å². The molecule has 2 fully saturated rings. The molecule has 0 aromatic carbocycles. The molecule has 0 amide bonds. The van der Waals surface area contributed by atoms with E-state index in [2.05, 4.69) is 15.6 Å². The molecular formula is C17H34IN3O2. The van der Waals surface area contributed by atoms with E-state index >= 15 is 0 Å². The third-order valence-corrected chi connectivity index (χ3v) is 4.45. The van der Waals surface area contributed by atoms with Gasteiger partial charge in [0, 0.05) is 46.6 Å². The number of guanidine groups is 1. The van der Waals surface area contributed by atoms with Gasteiger partial charge < -0.3 is 20.1 Å². The molecule has 1 aliphatic carbocycles. The molecule has 1 aliphatic heterocycles. The van der Waals surface area contributed by atoms with Gasteiger partial charge in [0.1, 0.15) is 0 Å². The second-order valence-electron chi connectivity index (χ2n) is 6.50. The first-order chi connectivity index (χ1) is 10.9. The highest BCUT2D eigenvalue weighted by molar-refractivity contribution is 14.0. The minimum Gasteiger partial charge on any atom is -0.381 e. The van der Waals surface area contributed by atoms with Gasteiger partial charge in [0.25, 0.3) is 0 Å². The predicted molar refractivity (Wildman–Crippen MR) is 106 cm³/mol. The summed E-state index contributed by atoms with van der Waals surface area (Å²) < 4.78 is 11.1. The Morgan fingerprint density at radius 1 is 1.04 bits per heavy atom. The van der Waals surface area contributed by atoms with Crippen molar-refractivity contribution in [3.63, 3.8) is 0 Å². The van der Waals surface area contributed by atoms with E-state index in [4.69, 9.17) is 9.47 Å². The van der Waals surface area contributed by atoms with Gasteiger partial charge in [0.05, 0.1) is 0 Å². The Kier molecular flexibility index (Phi) is 12.1. The van der Waals surface area contributed by atoms with Crippen LogP contribution in [0.3, 0.4) is 0 Å². The predicted octanol–water partition coefficient (Wildman–Crippen LogP) is 2.79. The number of hydrogen-bond donors (Lipinski definition) is 2. The van der Waals surface area contributed by atoms with Crippen molar-refractivity contribution < 1.29 is 9.47 Å². The zero-order valence-electron chi connectivity index (χ0n) is 14.5. The van der Waals surface area contributed by atoms with E-state index in [1.54, 1.807) is 0 Å². The monoisotopic (exact) mass is 439 g/mol. The zero-order chi connectivity index (χ0) is 15.5. The third kappa shape index (κ3) is 10.4. The van der Waals surface area contributed by atoms with Crippen molar-refractivity contribution in [3.8, 4) is 0 Å². The van der Waals surface area contributed by atoms with Crippen LogP contribution in [0.1, 0.15) is 44.9 Å². The average molecular weight is 439 g/mol. The van der Waals surface area contributed by atoms with E-state index in [9.17, 15) is 0 Å². The molecule has 2 rings (SSSR count). The van der Waals surface area contributed by atoms with Gasteiger partial charge in [-0.2, -0.15) is 0 Å². The van der Waals surface area contributed by atoms with Crippen LogP contribution >= 0.6 is 24.0 Å². The van der Waals surface area contributed by atoms with E-state index in [1.165, 1.54) is 25.7 Å². The number of hydrogen-bond acceptors (Lipinski definition) is 3. The van der Waals surface area contributed by atoms with Crippen molar-refractivity contribution in [3.05, 3.63) is 0 Å². The van der Waals surface area contributed by atoms with Crippen molar-refractivity contribution in [2.45, 2.75) is 44.9 Å². The standard InChI is InChI=1S/C17H33N3O2.HI/c1-18-17(19-9-2-4-15-5-6-15)20-10-3-11-22-14-16-7-12-21-13-8-16;/h15-16H,2-14H2,1H3,(H2,18,19,20);1H. The minimum atomic E-state index is 0. The summed E-state index contributed by atoms with van der Waals surface area (Å²) in [7, 11) is 1.83. The SMILES string of the molecule is CN=C(NCCCOCC1CCOCC1)NCCCC1CC1.I. The molecule has 0 radical (unpaired) electrons. The number of ether oxygens (including phenoxy) is 2. The lowest BCUT2D eigenvalue weighted by Gasteiger charge is -2.21. The fourth-order valence-electron chi connectivity index (χ4n) is 2.77. The fourth-order valence-corrected chi connectivity index (χ4v) is 2.77. The van der Waals surface area contributed by atoms with Crippen LogP contribution in [0.5, 0.6) is 0 Å². The summed E-state index contributed by atoms with van der Waals surface area (Å²) in [4.78, 5) is 4.25. The van der Waals surface area contributed by atoms with E-state index in [1.807, 2.05) is 7.05 Å². The lowest BCUT2D eigenvalue weighted by atomic mass is 10.0. The van der Waals surface area contributed by atoms with Crippen LogP contribution in [0, 0.1) is 11.8 Å². The number of nitrogens with zero attached hydrogens (tertiary/aromatic N) is 1. The molecule has 5 nitrogen and oxygen atoms in total. The van der Waals surface area contributed by atoms with Crippen molar-refractivity contribution in [2.24, 2.45) is 16.8 Å². The van der Waals surface area contributed by atoms with E-state index < -0.39 is 0 Å². The molecule has 1 saturated carbocycles. The molecular weight excluding hydrogens is 405 g/mol. The van der Waals surface area contributed by atoms with Gasteiger partial charge in [0.2, 0.25) is 0 Å². The molecule has 1 saturated heterocycles. The number of nitrogens with one attached hydrogen (secondary N) is 2. The van der Waals surface area contributed by atoms with Crippen LogP contribution in [-0.4, -0.2) is 52.5 Å². The van der Waals surface area contributed by atoms with Crippen LogP contribution < -0.4 is 10.6 Å². The molecule has 0 aromatic heterocycles. The van der Waals surface area contributed by atoms with Crippen LogP contribution in [0.25, 0.3) is 0 Å². The molecule has 6 heteroatoms. The molecule has 1 heterocycles. The van der Waals surface area contributed by atoms with Gasteiger partial charge in [-0.3, -0.25) is 4.99 Å². The van der Waals surface area contributed by atoms with E-state index in [0.717, 1.165) is 70.7 Å². The van der Waals surface area contributed by atoms with E-state index in [-0.39, 0.29) is 24.0 Å². The first-order valence-electron chi connectivity index (χ1n) is 8.98. The van der Waals surface area contributed by atoms with Crippen LogP contribution in [0.2, 0.25) is 0 Å². The summed E-state index contributed by atoms with van der Waals surface area (Å²) >= 11 is 0. The Morgan fingerprint density at radius 3 is 2.39 bits per heavy atom. The second-order valence-corrected chi connectivity index (χ2v) is 6.50. The highest BCUT2D eigenvalue weighted by Crippen LogP contribution is 2.33. The maximum absolute atomic E-state index is 5.76. The lowest BCUT2D eigenvalue weighted by molar-refractivity contribution is 0.0203. The number of halogens is 1. The lowest BCUT2D eigenvalue weighted by Crippen LogP contribution is -2.38. The molecule has 23 heavy (non-hydrogen) atoms. The molecule has 0 bridgehead atoms. The van der Waals surface area contributed by atoms with Crippen molar-refractivity contribution in [1.82, 2.24) is 10.6 Å². The van der Waals surface area contributed by atoms with E-state index in [0.29, 0.717) is 5.92 Å². The quantitative estimate of drug-likeness (QED) is 0.238. The molecule has 2 aliphatic rings. The summed E-state index contributed by atoms with van der Waals surface area (Å²) in [5.74, 6) is 2.63. The Balaban J connectivity index is 0.00000264. The molecule has 0 atom stereocenters. The Morgan fingerprint density at radius 2 is 1.74 bits per heavy atom. The number of rotatable bonds is 10. The smallest absolute Gasteiger partial charge is 0.190 e. The van der Waals surface area contributed by atoms with Crippen LogP contribution in [0.4, 0.5) is 0 Å². The van der Waals surface area contributed by atoms with Crippen LogP contribution in [0.15, 0.2) is 4.99 Å². The summed E-state index contributed by atoms with van der Waals surface area (Å²) in [5.41, 5.74) is 0. The summed E-state index contributed by atoms with van der Waals surface area (Å²) in [6.45, 7) is 5.45. The maximum atomic E-state index is 5.76. The topological polar surface area (TPSA) is 54.9 Å². The fraction of sp³-hybridized carbons (Fsp3) is 0.941. The van der Waals surface area contributed by atoms with Gasteiger partial charge in [-0.15, -0.1) is 24.0 Å². The van der Waals surface area contributed by atoms with Gasteiger partial charge in [-0.1, -0.05) is 12.8 Å². The summed E-state index contributed by atoms with van der Waals surface area (Å²) in [6.07, 6.45) is 8.82. The Hall–Kier alpha value is -0.0800. The number of aliphatic imine (C=N–C) groups is 1. The summed E-state index contributed by atoms with van der Waals surface area (Å²) in [6, 6.07) is 0. The van der Waals surface area contributed by atoms with Gasteiger partial charge in [-0.25, -0.2) is 0 Å². The van der Waals surface area contributed by atoms with Crippen molar-refractivity contribution >= 4 is 29.9 Å². The highest BCUT2D eigenvalue weighted by atomic mass is 127. The second kappa shape index (κ2) is 13.2. The van der Waals surface area contributed by atoms with Gasteiger partial charge in [0.15, 0.2) is 5.96 Å². The highest BCUT2D eigenvalue weighted by Gasteiger charge is 2.19. The zero-order valence-corrected chi connectivity index (χ0v) is 16.8. The first kappa shape index (κ1) is 21.0. The maximum Gasteiger partial charge on any atom is 0.190 e. The normalized spacial score (nSPS) is 19.3. The third-order valence-electron chi connectivity index (χ3n) is 4.45. The Labute approximate surface area is 158 Å². The average Bonchev–Trinajstić information content (AvgIpc) is 3.38. The summed E-state index contributed by atoms with van der Waals surface area (Å²) in [5, 5.41) is 6.73. The first-order valence-corrected chi connectivity index (χ1v) is 8.98. The molecule has 136 valence electrons. The molecule has 0 spiro atoms. The minimum absolute atomic E-state index is 0. The van der Waals surface area contributed by atoms with Gasteiger partial charge in [-0.05, 0) is 43.9 Å².